The summed E-state index contributed by atoms with van der Waals surface area (Å²) in [5.74, 6) is 0. The van der Waals surface area contributed by atoms with E-state index in [-0.39, 0.29) is 0 Å². The molecule has 0 amide bonds. The summed E-state index contributed by atoms with van der Waals surface area (Å²) in [6.07, 6.45) is 0. The second kappa shape index (κ2) is 7.08. The largest absolute Gasteiger partial charge is 0.455 e. The summed E-state index contributed by atoms with van der Waals surface area (Å²) in [5.41, 5.74) is 7.95. The lowest BCUT2D eigenvalue weighted by Crippen LogP contribution is -1.92. The van der Waals surface area contributed by atoms with Crippen LogP contribution in [0.4, 0.5) is 0 Å². The lowest BCUT2D eigenvalue weighted by molar-refractivity contribution is 0.670. The number of para-hydroxylation sites is 4. The second-order valence-corrected chi connectivity index (χ2v) is 9.95. The number of nitrogens with zero attached hydrogens (tertiary/aromatic N) is 1. The Labute approximate surface area is 205 Å². The highest BCUT2D eigenvalue weighted by molar-refractivity contribution is 7.27. The van der Waals surface area contributed by atoms with Crippen LogP contribution in [0.25, 0.3) is 70.0 Å². The average Bonchev–Trinajstić information content (AvgIpc) is 3.58. The van der Waals surface area contributed by atoms with Crippen molar-refractivity contribution in [1.82, 2.24) is 4.57 Å². The molecule has 3 heterocycles. The van der Waals surface area contributed by atoms with E-state index in [1.165, 1.54) is 42.5 Å². The van der Waals surface area contributed by atoms with Gasteiger partial charge in [0.05, 0.1) is 15.7 Å². The monoisotopic (exact) mass is 465 g/mol. The molecule has 0 saturated heterocycles. The van der Waals surface area contributed by atoms with Crippen LogP contribution in [-0.4, -0.2) is 4.57 Å². The van der Waals surface area contributed by atoms with Crippen molar-refractivity contribution in [2.24, 2.45) is 0 Å². The predicted octanol–water partition coefficient (Wildman–Crippen LogP) is 9.56. The molecular weight excluding hydrogens is 446 g/mol. The lowest BCUT2D eigenvalue weighted by atomic mass is 10.0. The molecule has 35 heavy (non-hydrogen) atoms. The molecular formula is C32H19NOS. The van der Waals surface area contributed by atoms with Gasteiger partial charge in [0.1, 0.15) is 11.2 Å². The Balaban J connectivity index is 1.51. The molecule has 0 unspecified atom stereocenters. The summed E-state index contributed by atoms with van der Waals surface area (Å²) in [7, 11) is 0. The van der Waals surface area contributed by atoms with E-state index in [1.807, 2.05) is 23.5 Å². The van der Waals surface area contributed by atoms with Gasteiger partial charge < -0.3 is 8.98 Å². The van der Waals surface area contributed by atoms with Crippen LogP contribution in [-0.2, 0) is 0 Å². The lowest BCUT2D eigenvalue weighted by Gasteiger charge is -2.09. The van der Waals surface area contributed by atoms with Gasteiger partial charge in [0.25, 0.3) is 0 Å². The van der Waals surface area contributed by atoms with E-state index in [1.54, 1.807) is 0 Å². The molecule has 0 spiro atoms. The quantitative estimate of drug-likeness (QED) is 0.248. The van der Waals surface area contributed by atoms with Gasteiger partial charge in [-0.3, -0.25) is 0 Å². The van der Waals surface area contributed by atoms with Gasteiger partial charge in [-0.2, -0.15) is 0 Å². The number of hydrogen-bond acceptors (Lipinski definition) is 2. The fraction of sp³-hybridized carbons (Fsp3) is 0. The number of thiophene rings is 1. The number of fused-ring (bicyclic) bond motifs is 8. The van der Waals surface area contributed by atoms with E-state index in [0.717, 1.165) is 27.5 Å². The molecule has 0 aliphatic carbocycles. The van der Waals surface area contributed by atoms with Gasteiger partial charge in [-0.1, -0.05) is 91.0 Å². The third-order valence-corrected chi connectivity index (χ3v) is 8.27. The van der Waals surface area contributed by atoms with Gasteiger partial charge in [0.15, 0.2) is 0 Å². The maximum atomic E-state index is 6.41. The van der Waals surface area contributed by atoms with Crippen molar-refractivity contribution in [3.8, 4) is 16.8 Å². The Morgan fingerprint density at radius 1 is 0.514 bits per heavy atom. The molecule has 2 nitrogen and oxygen atoms in total. The maximum absolute atomic E-state index is 6.41. The van der Waals surface area contributed by atoms with Crippen LogP contribution in [0.3, 0.4) is 0 Å². The Morgan fingerprint density at radius 2 is 1.20 bits per heavy atom. The van der Waals surface area contributed by atoms with Gasteiger partial charge in [-0.15, -0.1) is 11.3 Å². The van der Waals surface area contributed by atoms with Crippen molar-refractivity contribution in [2.75, 3.05) is 0 Å². The summed E-state index contributed by atoms with van der Waals surface area (Å²) in [4.78, 5) is 0. The Kier molecular flexibility index (Phi) is 3.85. The van der Waals surface area contributed by atoms with E-state index in [9.17, 15) is 0 Å². The van der Waals surface area contributed by atoms with Crippen LogP contribution in [0.5, 0.6) is 0 Å². The fourth-order valence-electron chi connectivity index (χ4n) is 5.51. The Morgan fingerprint density at radius 3 is 2.09 bits per heavy atom. The van der Waals surface area contributed by atoms with Gasteiger partial charge in [-0.25, -0.2) is 0 Å². The molecule has 8 rings (SSSR count). The van der Waals surface area contributed by atoms with Crippen LogP contribution in [0, 0.1) is 0 Å². The first-order valence-electron chi connectivity index (χ1n) is 11.8. The summed E-state index contributed by atoms with van der Waals surface area (Å²) >= 11 is 1.88. The number of furan rings is 1. The molecule has 0 fully saturated rings. The normalized spacial score (nSPS) is 12.0. The zero-order valence-corrected chi connectivity index (χ0v) is 19.5. The van der Waals surface area contributed by atoms with E-state index >= 15 is 0 Å². The number of benzene rings is 5. The van der Waals surface area contributed by atoms with E-state index in [2.05, 4.69) is 108 Å². The number of rotatable bonds is 2. The molecule has 0 atom stereocenters. The zero-order chi connectivity index (χ0) is 22.9. The molecule has 3 heteroatoms. The summed E-state index contributed by atoms with van der Waals surface area (Å²) in [6.45, 7) is 0. The summed E-state index contributed by atoms with van der Waals surface area (Å²) in [6, 6.07) is 40.9. The van der Waals surface area contributed by atoms with Crippen molar-refractivity contribution in [3.05, 3.63) is 115 Å². The van der Waals surface area contributed by atoms with E-state index in [0.29, 0.717) is 0 Å². The fourth-order valence-corrected chi connectivity index (χ4v) is 6.86. The van der Waals surface area contributed by atoms with Gasteiger partial charge in [0.2, 0.25) is 0 Å². The maximum Gasteiger partial charge on any atom is 0.143 e. The number of hydrogen-bond donors (Lipinski definition) is 0. The summed E-state index contributed by atoms with van der Waals surface area (Å²) < 4.78 is 11.4. The van der Waals surface area contributed by atoms with Crippen molar-refractivity contribution in [1.29, 1.82) is 0 Å². The van der Waals surface area contributed by atoms with Crippen LogP contribution in [0.1, 0.15) is 0 Å². The van der Waals surface area contributed by atoms with Crippen LogP contribution >= 0.6 is 11.3 Å². The highest BCUT2D eigenvalue weighted by Crippen LogP contribution is 2.47. The zero-order valence-electron chi connectivity index (χ0n) is 18.7. The van der Waals surface area contributed by atoms with Crippen LogP contribution in [0.2, 0.25) is 0 Å². The Bertz CT molecular complexity index is 2060. The minimum atomic E-state index is 0.931. The first kappa shape index (κ1) is 19.0. The number of aromatic nitrogens is 1. The third-order valence-electron chi connectivity index (χ3n) is 7.01. The molecule has 0 aliphatic heterocycles. The van der Waals surface area contributed by atoms with Gasteiger partial charge >= 0.3 is 0 Å². The minimum absolute atomic E-state index is 0.931. The highest BCUT2D eigenvalue weighted by Gasteiger charge is 2.20. The van der Waals surface area contributed by atoms with Crippen LogP contribution in [0.15, 0.2) is 120 Å². The topological polar surface area (TPSA) is 18.1 Å². The molecule has 0 radical (unpaired) electrons. The minimum Gasteiger partial charge on any atom is -0.455 e. The molecule has 0 bridgehead atoms. The van der Waals surface area contributed by atoms with E-state index in [4.69, 9.17) is 4.42 Å². The Hall–Kier alpha value is -4.34. The van der Waals surface area contributed by atoms with Crippen molar-refractivity contribution < 1.29 is 4.42 Å². The van der Waals surface area contributed by atoms with Crippen LogP contribution < -0.4 is 0 Å². The molecule has 8 aromatic rings. The van der Waals surface area contributed by atoms with Gasteiger partial charge in [0, 0.05) is 43.1 Å². The third kappa shape index (κ3) is 2.59. The molecule has 3 aromatic heterocycles. The standard InChI is InChI=1S/C32H19NOS/c1-2-10-20(11-3-1)33-27-18-6-4-13-25(27)32-29(33)26-17-9-16-24(31(26)35-32)23-15-8-14-22-21-12-5-7-19-28(21)34-30(22)23/h1-19H. The molecule has 164 valence electrons. The second-order valence-electron chi connectivity index (χ2n) is 8.93. The van der Waals surface area contributed by atoms with Crippen molar-refractivity contribution in [2.45, 2.75) is 0 Å². The average molecular weight is 466 g/mol. The van der Waals surface area contributed by atoms with Crippen molar-refractivity contribution >= 4 is 64.5 Å². The smallest absolute Gasteiger partial charge is 0.143 e. The first-order valence-corrected chi connectivity index (χ1v) is 12.6. The molecule has 0 aliphatic rings. The molecule has 0 N–H and O–H groups in total. The first-order chi connectivity index (χ1) is 17.4. The van der Waals surface area contributed by atoms with E-state index < -0.39 is 0 Å². The predicted molar refractivity (Wildman–Crippen MR) is 149 cm³/mol. The van der Waals surface area contributed by atoms with Crippen molar-refractivity contribution in [3.63, 3.8) is 0 Å². The summed E-state index contributed by atoms with van der Waals surface area (Å²) in [5, 5.41) is 4.89. The SMILES string of the molecule is c1ccc(-n2c3ccccc3c3sc4c(-c5cccc6c5oc5ccccc56)cccc4c32)cc1. The van der Waals surface area contributed by atoms with Gasteiger partial charge in [-0.05, 0) is 24.3 Å². The molecule has 5 aromatic carbocycles. The highest BCUT2D eigenvalue weighted by atomic mass is 32.1. The molecule has 0 saturated carbocycles.